The molecule has 0 spiro atoms. The molecule has 94 valence electrons. The van der Waals surface area contributed by atoms with Crippen molar-refractivity contribution in [1.29, 1.82) is 0 Å². The third-order valence-corrected chi connectivity index (χ3v) is 4.22. The number of carbonyl (C=O) groups is 1. The molecule has 0 saturated heterocycles. The second kappa shape index (κ2) is 7.16. The fraction of sp³-hybridized carbons (Fsp3) is 0.923. The van der Waals surface area contributed by atoms with Gasteiger partial charge in [0.2, 0.25) is 5.91 Å². The monoisotopic (exact) mass is 245 g/mol. The molecule has 1 unspecified atom stereocenters. The number of carbonyl (C=O) groups excluding carboxylic acids is 1. The van der Waals surface area contributed by atoms with Gasteiger partial charge in [0, 0.05) is 6.04 Å². The van der Waals surface area contributed by atoms with Crippen molar-refractivity contribution in [3.05, 3.63) is 0 Å². The molecule has 1 rings (SSSR count). The van der Waals surface area contributed by atoms with Crippen molar-refractivity contribution in [2.75, 3.05) is 0 Å². The summed E-state index contributed by atoms with van der Waals surface area (Å²) in [4.78, 5) is 11.9. The summed E-state index contributed by atoms with van der Waals surface area (Å²) in [7, 11) is 0. The lowest BCUT2D eigenvalue weighted by molar-refractivity contribution is -0.122. The van der Waals surface area contributed by atoms with Gasteiger partial charge in [0.15, 0.2) is 0 Å². The van der Waals surface area contributed by atoms with Crippen LogP contribution in [0.2, 0.25) is 0 Å². The van der Waals surface area contributed by atoms with Crippen molar-refractivity contribution in [3.8, 4) is 0 Å². The van der Waals surface area contributed by atoms with Crippen LogP contribution in [0, 0.1) is 5.92 Å². The summed E-state index contributed by atoms with van der Waals surface area (Å²) in [6.07, 6.45) is 7.98. The highest BCUT2D eigenvalue weighted by Crippen LogP contribution is 2.21. The van der Waals surface area contributed by atoms with Crippen LogP contribution < -0.4 is 5.32 Å². The van der Waals surface area contributed by atoms with Crippen molar-refractivity contribution in [3.63, 3.8) is 0 Å². The predicted octanol–water partition coefficient (Wildman–Crippen LogP) is 3.48. The summed E-state index contributed by atoms with van der Waals surface area (Å²) in [5.41, 5.74) is 0. The van der Waals surface area contributed by atoms with Gasteiger partial charge < -0.3 is 5.32 Å². The zero-order valence-electron chi connectivity index (χ0n) is 10.5. The molecule has 1 fully saturated rings. The van der Waals surface area contributed by atoms with Crippen LogP contribution in [0.25, 0.3) is 0 Å². The number of hydrogen-bond donors (Lipinski definition) is 1. The third-order valence-electron chi connectivity index (χ3n) is 3.66. The molecule has 3 heteroatoms. The van der Waals surface area contributed by atoms with Crippen molar-refractivity contribution >= 4 is 17.5 Å². The number of amides is 1. The Labute approximate surface area is 104 Å². The van der Waals surface area contributed by atoms with Gasteiger partial charge >= 0.3 is 0 Å². The topological polar surface area (TPSA) is 29.1 Å². The molecule has 0 aliphatic heterocycles. The van der Waals surface area contributed by atoms with Gasteiger partial charge in [0.05, 0.1) is 0 Å². The number of halogens is 1. The Morgan fingerprint density at radius 1 is 1.25 bits per heavy atom. The van der Waals surface area contributed by atoms with Crippen LogP contribution in [0.5, 0.6) is 0 Å². The maximum atomic E-state index is 11.9. The van der Waals surface area contributed by atoms with E-state index in [-0.39, 0.29) is 11.3 Å². The fourth-order valence-electron chi connectivity index (χ4n) is 2.44. The van der Waals surface area contributed by atoms with Crippen LogP contribution in [0.3, 0.4) is 0 Å². The Morgan fingerprint density at radius 2 is 1.81 bits per heavy atom. The van der Waals surface area contributed by atoms with Gasteiger partial charge in [-0.05, 0) is 18.8 Å². The lowest BCUT2D eigenvalue weighted by atomic mass is 9.94. The number of rotatable bonds is 5. The summed E-state index contributed by atoms with van der Waals surface area (Å²) >= 11 is 6.20. The van der Waals surface area contributed by atoms with Crippen molar-refractivity contribution < 1.29 is 4.79 Å². The van der Waals surface area contributed by atoms with E-state index in [9.17, 15) is 4.79 Å². The minimum Gasteiger partial charge on any atom is -0.352 e. The highest BCUT2D eigenvalue weighted by Gasteiger charge is 2.25. The normalized spacial score (nSPS) is 19.8. The van der Waals surface area contributed by atoms with Crippen molar-refractivity contribution in [2.45, 2.75) is 70.2 Å². The average Bonchev–Trinajstić information content (AvgIpc) is 2.31. The Morgan fingerprint density at radius 3 is 2.31 bits per heavy atom. The number of alkyl halides is 1. The Balaban J connectivity index is 2.37. The molecule has 0 heterocycles. The Hall–Kier alpha value is -0.240. The van der Waals surface area contributed by atoms with E-state index in [1.54, 1.807) is 0 Å². The molecule has 1 amide bonds. The first-order chi connectivity index (χ1) is 7.69. The molecule has 1 saturated carbocycles. The highest BCUT2D eigenvalue weighted by molar-refractivity contribution is 6.31. The molecular weight excluding hydrogens is 222 g/mol. The van der Waals surface area contributed by atoms with E-state index in [0.29, 0.717) is 12.0 Å². The van der Waals surface area contributed by atoms with E-state index >= 15 is 0 Å². The number of nitrogens with one attached hydrogen (secondary N) is 1. The third kappa shape index (κ3) is 3.97. The van der Waals surface area contributed by atoms with Crippen LogP contribution in [-0.2, 0) is 4.79 Å². The standard InChI is InChI=1S/C13H24ClNO/c1-3-10(4-2)12(14)13(16)15-11-8-6-5-7-9-11/h10-12H,3-9H2,1-2H3,(H,15,16). The Bertz CT molecular complexity index is 210. The zero-order chi connectivity index (χ0) is 12.0. The second-order valence-corrected chi connectivity index (χ2v) is 5.29. The highest BCUT2D eigenvalue weighted by atomic mass is 35.5. The fourth-order valence-corrected chi connectivity index (χ4v) is 2.86. The summed E-state index contributed by atoms with van der Waals surface area (Å²) < 4.78 is 0. The van der Waals surface area contributed by atoms with Crippen LogP contribution in [0.1, 0.15) is 58.8 Å². The molecule has 2 nitrogen and oxygen atoms in total. The lowest BCUT2D eigenvalue weighted by Gasteiger charge is -2.26. The molecule has 0 radical (unpaired) electrons. The van der Waals surface area contributed by atoms with Gasteiger partial charge in [-0.2, -0.15) is 0 Å². The summed E-state index contributed by atoms with van der Waals surface area (Å²) in [5, 5.41) is 2.75. The van der Waals surface area contributed by atoms with Crippen LogP contribution >= 0.6 is 11.6 Å². The molecule has 16 heavy (non-hydrogen) atoms. The van der Waals surface area contributed by atoms with Gasteiger partial charge in [-0.3, -0.25) is 4.79 Å². The SMILES string of the molecule is CCC(CC)C(Cl)C(=O)NC1CCCCC1. The molecule has 0 aromatic heterocycles. The maximum Gasteiger partial charge on any atom is 0.238 e. The van der Waals surface area contributed by atoms with Crippen LogP contribution in [-0.4, -0.2) is 17.3 Å². The lowest BCUT2D eigenvalue weighted by Crippen LogP contribution is -2.42. The van der Waals surface area contributed by atoms with E-state index < -0.39 is 0 Å². The summed E-state index contributed by atoms with van der Waals surface area (Å²) in [5.74, 6) is 0.354. The van der Waals surface area contributed by atoms with Gasteiger partial charge in [0.1, 0.15) is 5.38 Å². The summed E-state index contributed by atoms with van der Waals surface area (Å²) in [6.45, 7) is 4.19. The van der Waals surface area contributed by atoms with Gasteiger partial charge in [0.25, 0.3) is 0 Å². The predicted molar refractivity (Wildman–Crippen MR) is 68.7 cm³/mol. The maximum absolute atomic E-state index is 11.9. The molecule has 1 N–H and O–H groups in total. The van der Waals surface area contributed by atoms with Crippen molar-refractivity contribution in [1.82, 2.24) is 5.32 Å². The minimum atomic E-state index is -0.350. The smallest absolute Gasteiger partial charge is 0.238 e. The number of hydrogen-bond acceptors (Lipinski definition) is 1. The van der Waals surface area contributed by atoms with E-state index in [2.05, 4.69) is 19.2 Å². The molecule has 1 atom stereocenters. The van der Waals surface area contributed by atoms with Crippen molar-refractivity contribution in [2.24, 2.45) is 5.92 Å². The van der Waals surface area contributed by atoms with Crippen LogP contribution in [0.15, 0.2) is 0 Å². The van der Waals surface area contributed by atoms with Gasteiger partial charge in [-0.25, -0.2) is 0 Å². The molecule has 1 aliphatic carbocycles. The first kappa shape index (κ1) is 13.8. The second-order valence-electron chi connectivity index (χ2n) is 4.82. The Kier molecular flexibility index (Phi) is 6.18. The molecule has 0 aromatic carbocycles. The molecular formula is C13H24ClNO. The molecule has 0 bridgehead atoms. The quantitative estimate of drug-likeness (QED) is 0.739. The zero-order valence-corrected chi connectivity index (χ0v) is 11.2. The van der Waals surface area contributed by atoms with E-state index in [1.165, 1.54) is 19.3 Å². The van der Waals surface area contributed by atoms with Gasteiger partial charge in [-0.15, -0.1) is 11.6 Å². The summed E-state index contributed by atoms with van der Waals surface area (Å²) in [6, 6.07) is 0.372. The van der Waals surface area contributed by atoms with E-state index in [1.807, 2.05) is 0 Å². The van der Waals surface area contributed by atoms with E-state index in [4.69, 9.17) is 11.6 Å². The van der Waals surface area contributed by atoms with E-state index in [0.717, 1.165) is 25.7 Å². The first-order valence-corrected chi connectivity index (χ1v) is 7.07. The molecule has 0 aromatic rings. The minimum absolute atomic E-state index is 0.0438. The van der Waals surface area contributed by atoms with Crippen LogP contribution in [0.4, 0.5) is 0 Å². The average molecular weight is 246 g/mol. The molecule has 1 aliphatic rings. The largest absolute Gasteiger partial charge is 0.352 e. The first-order valence-electron chi connectivity index (χ1n) is 6.63. The van der Waals surface area contributed by atoms with Gasteiger partial charge in [-0.1, -0.05) is 46.0 Å².